The maximum absolute atomic E-state index is 13.2. The Hall–Kier alpha value is -2.22. The van der Waals surface area contributed by atoms with Gasteiger partial charge in [0.2, 0.25) is 15.7 Å². The minimum atomic E-state index is -3.65. The number of nitrogens with one attached hydrogen (secondary N) is 1. The molecule has 0 atom stereocenters. The van der Waals surface area contributed by atoms with Crippen molar-refractivity contribution in [1.82, 2.24) is 15.0 Å². The van der Waals surface area contributed by atoms with Crippen LogP contribution in [0, 0.1) is 11.9 Å². The van der Waals surface area contributed by atoms with Crippen LogP contribution in [0.3, 0.4) is 0 Å². The molecule has 0 amide bonds. The van der Waals surface area contributed by atoms with E-state index in [4.69, 9.17) is 0 Å². The first kappa shape index (κ1) is 11.8. The van der Waals surface area contributed by atoms with Gasteiger partial charge in [0, 0.05) is 17.7 Å². The molecule has 0 unspecified atom stereocenters. The van der Waals surface area contributed by atoms with Crippen molar-refractivity contribution < 1.29 is 17.9 Å². The summed E-state index contributed by atoms with van der Waals surface area (Å²) in [5, 5.41) is 9.83. The zero-order chi connectivity index (χ0) is 13.8. The van der Waals surface area contributed by atoms with Crippen molar-refractivity contribution in [1.29, 1.82) is 0 Å². The van der Waals surface area contributed by atoms with Crippen LogP contribution in [-0.2, 0) is 9.84 Å². The summed E-state index contributed by atoms with van der Waals surface area (Å²) in [6.07, 6.45) is 0.933. The van der Waals surface area contributed by atoms with Crippen molar-refractivity contribution in [2.45, 2.75) is 5.16 Å². The molecular formula is C11H7FN3O3S. The van der Waals surface area contributed by atoms with Crippen molar-refractivity contribution in [3.8, 4) is 5.88 Å². The summed E-state index contributed by atoms with van der Waals surface area (Å²) in [7, 11) is -3.65. The number of aromatic hydroxyl groups is 1. The average Bonchev–Trinajstić information content (AvgIpc) is 2.65. The molecule has 0 bridgehead atoms. The Balaban J connectivity index is 2.49. The van der Waals surface area contributed by atoms with Crippen LogP contribution >= 0.6 is 0 Å². The third kappa shape index (κ3) is 1.80. The Labute approximate surface area is 106 Å². The molecule has 0 fully saturated rings. The van der Waals surface area contributed by atoms with Gasteiger partial charge in [-0.3, -0.25) is 0 Å². The maximum atomic E-state index is 13.2. The number of H-pyrrole nitrogens is 1. The van der Waals surface area contributed by atoms with Crippen LogP contribution in [0.15, 0.2) is 17.3 Å². The van der Waals surface area contributed by atoms with Gasteiger partial charge in [0.25, 0.3) is 5.16 Å². The third-order valence-corrected chi connectivity index (χ3v) is 3.47. The molecule has 6 nitrogen and oxygen atoms in total. The van der Waals surface area contributed by atoms with Crippen molar-refractivity contribution in [2.75, 3.05) is 6.26 Å². The molecule has 3 aromatic rings. The topological polar surface area (TPSA) is 95.9 Å². The number of fused-ring (bicyclic) bond motifs is 3. The van der Waals surface area contributed by atoms with Gasteiger partial charge >= 0.3 is 0 Å². The Bertz CT molecular complexity index is 918. The van der Waals surface area contributed by atoms with Crippen LogP contribution in [0.5, 0.6) is 5.88 Å². The molecule has 0 saturated carbocycles. The third-order valence-electron chi connectivity index (χ3n) is 2.62. The smallest absolute Gasteiger partial charge is 0.252 e. The number of hydrogen-bond donors (Lipinski definition) is 2. The van der Waals surface area contributed by atoms with Crippen molar-refractivity contribution in [3.63, 3.8) is 0 Å². The second kappa shape index (κ2) is 3.64. The highest BCUT2D eigenvalue weighted by Gasteiger charge is 2.18. The molecule has 97 valence electrons. The number of nitrogens with zero attached hydrogens (tertiary/aromatic N) is 2. The van der Waals surface area contributed by atoms with Gasteiger partial charge in [0.05, 0.1) is 10.9 Å². The Morgan fingerprint density at radius 2 is 2.16 bits per heavy atom. The normalized spacial score (nSPS) is 12.3. The van der Waals surface area contributed by atoms with E-state index in [-0.39, 0.29) is 11.0 Å². The second-order valence-corrected chi connectivity index (χ2v) is 5.97. The summed E-state index contributed by atoms with van der Waals surface area (Å²) in [5.41, 5.74) is 0.524. The zero-order valence-corrected chi connectivity index (χ0v) is 10.4. The van der Waals surface area contributed by atoms with E-state index >= 15 is 0 Å². The number of benzene rings is 1. The molecule has 1 radical (unpaired) electrons. The molecular weight excluding hydrogens is 273 g/mol. The van der Waals surface area contributed by atoms with Crippen LogP contribution in [-0.4, -0.2) is 34.7 Å². The number of halogens is 1. The maximum Gasteiger partial charge on any atom is 0.252 e. The van der Waals surface area contributed by atoms with E-state index in [0.29, 0.717) is 10.9 Å². The van der Waals surface area contributed by atoms with E-state index in [0.717, 1.165) is 12.3 Å². The molecule has 0 aliphatic heterocycles. The van der Waals surface area contributed by atoms with E-state index in [2.05, 4.69) is 21.0 Å². The van der Waals surface area contributed by atoms with Gasteiger partial charge in [-0.1, -0.05) is 0 Å². The highest BCUT2D eigenvalue weighted by molar-refractivity contribution is 7.90. The fourth-order valence-electron chi connectivity index (χ4n) is 1.82. The molecule has 0 spiro atoms. The lowest BCUT2D eigenvalue weighted by Gasteiger charge is -1.99. The number of aromatic amines is 1. The first-order chi connectivity index (χ1) is 8.86. The molecule has 1 aromatic carbocycles. The predicted octanol–water partition coefficient (Wildman–Crippen LogP) is 1.16. The average molecular weight is 280 g/mol. The van der Waals surface area contributed by atoms with Gasteiger partial charge < -0.3 is 10.1 Å². The lowest BCUT2D eigenvalue weighted by molar-refractivity contribution is 0.452. The largest absolute Gasteiger partial charge is 0.493 e. The van der Waals surface area contributed by atoms with Gasteiger partial charge in [0.15, 0.2) is 0 Å². The molecule has 3 rings (SSSR count). The summed E-state index contributed by atoms with van der Waals surface area (Å²) < 4.78 is 35.9. The summed E-state index contributed by atoms with van der Waals surface area (Å²) in [6.45, 7) is 0. The highest BCUT2D eigenvalue weighted by Crippen LogP contribution is 2.30. The SMILES string of the molecule is CS(=O)(=O)c1nc(O)c2c(n1)[nH]c1[c]cc(F)cc12. The lowest BCUT2D eigenvalue weighted by Crippen LogP contribution is -2.03. The van der Waals surface area contributed by atoms with E-state index in [9.17, 15) is 17.9 Å². The van der Waals surface area contributed by atoms with Crippen molar-refractivity contribution in [2.24, 2.45) is 0 Å². The number of hydrogen-bond acceptors (Lipinski definition) is 5. The molecule has 2 aromatic heterocycles. The molecule has 19 heavy (non-hydrogen) atoms. The van der Waals surface area contributed by atoms with E-state index < -0.39 is 26.7 Å². The molecule has 2 heterocycles. The molecule has 8 heteroatoms. The minimum Gasteiger partial charge on any atom is -0.493 e. The fraction of sp³-hybridized carbons (Fsp3) is 0.0909. The van der Waals surface area contributed by atoms with E-state index in [1.807, 2.05) is 0 Å². The standard InChI is InChI=1S/C11H7FN3O3S/c1-19(17,18)11-14-9-8(10(16)15-11)6-4-5(12)2-3-7(6)13-9/h2,4H,1H3,(H2,13,14,15,16). The van der Waals surface area contributed by atoms with Crippen molar-refractivity contribution >= 4 is 31.8 Å². The van der Waals surface area contributed by atoms with E-state index in [1.165, 1.54) is 6.07 Å². The summed E-state index contributed by atoms with van der Waals surface area (Å²) in [4.78, 5) is 10.1. The van der Waals surface area contributed by atoms with Gasteiger partial charge in [-0.15, -0.1) is 0 Å². The number of sulfone groups is 1. The molecule has 0 aliphatic rings. The second-order valence-electron chi connectivity index (χ2n) is 4.06. The van der Waals surface area contributed by atoms with Crippen LogP contribution in [0.25, 0.3) is 21.9 Å². The summed E-state index contributed by atoms with van der Waals surface area (Å²) in [6, 6.07) is 4.95. The van der Waals surface area contributed by atoms with Gasteiger partial charge in [0.1, 0.15) is 11.5 Å². The molecule has 0 aliphatic carbocycles. The summed E-state index contributed by atoms with van der Waals surface area (Å²) in [5.74, 6) is -1.05. The van der Waals surface area contributed by atoms with Gasteiger partial charge in [-0.2, -0.15) is 9.97 Å². The molecule has 2 N–H and O–H groups in total. The van der Waals surface area contributed by atoms with Crippen LogP contribution in [0.1, 0.15) is 0 Å². The first-order valence-corrected chi connectivity index (χ1v) is 7.05. The predicted molar refractivity (Wildman–Crippen MR) is 65.0 cm³/mol. The van der Waals surface area contributed by atoms with Gasteiger partial charge in [-0.25, -0.2) is 12.8 Å². The zero-order valence-electron chi connectivity index (χ0n) is 9.60. The highest BCUT2D eigenvalue weighted by atomic mass is 32.2. The van der Waals surface area contributed by atoms with E-state index in [1.54, 1.807) is 0 Å². The Kier molecular flexibility index (Phi) is 2.27. The monoisotopic (exact) mass is 280 g/mol. The van der Waals surface area contributed by atoms with Crippen LogP contribution in [0.4, 0.5) is 4.39 Å². The quantitative estimate of drug-likeness (QED) is 0.652. The summed E-state index contributed by atoms with van der Waals surface area (Å²) >= 11 is 0. The van der Waals surface area contributed by atoms with Gasteiger partial charge in [-0.05, 0) is 12.1 Å². The Morgan fingerprint density at radius 1 is 1.42 bits per heavy atom. The lowest BCUT2D eigenvalue weighted by atomic mass is 10.2. The first-order valence-electron chi connectivity index (χ1n) is 5.16. The molecule has 0 saturated heterocycles. The van der Waals surface area contributed by atoms with Crippen molar-refractivity contribution in [3.05, 3.63) is 24.0 Å². The van der Waals surface area contributed by atoms with Crippen LogP contribution < -0.4 is 0 Å². The minimum absolute atomic E-state index is 0.116. The number of aromatic nitrogens is 3. The van der Waals surface area contributed by atoms with Crippen LogP contribution in [0.2, 0.25) is 0 Å². The fourth-order valence-corrected chi connectivity index (χ4v) is 2.33. The Morgan fingerprint density at radius 3 is 2.84 bits per heavy atom. The number of rotatable bonds is 1.